The molecule has 1 fully saturated rings. The molecule has 7 heteroatoms. The zero-order chi connectivity index (χ0) is 18.8. The molecule has 1 saturated heterocycles. The quantitative estimate of drug-likeness (QED) is 0.241. The second kappa shape index (κ2) is 8.64. The first-order chi connectivity index (χ1) is 13.2. The van der Waals surface area contributed by atoms with E-state index in [1.807, 2.05) is 18.3 Å². The summed E-state index contributed by atoms with van der Waals surface area (Å²) in [6.45, 7) is 1.91. The van der Waals surface area contributed by atoms with Crippen LogP contribution in [0.4, 0.5) is 0 Å². The van der Waals surface area contributed by atoms with Crippen LogP contribution in [0.3, 0.4) is 0 Å². The lowest BCUT2D eigenvalue weighted by Gasteiger charge is -2.35. The van der Waals surface area contributed by atoms with E-state index in [9.17, 15) is 0 Å². The third kappa shape index (κ3) is 4.11. The van der Waals surface area contributed by atoms with Crippen molar-refractivity contribution in [3.63, 3.8) is 0 Å². The van der Waals surface area contributed by atoms with Gasteiger partial charge < -0.3 is 0 Å². The summed E-state index contributed by atoms with van der Waals surface area (Å²) in [5.74, 6) is 0.750. The molecule has 1 aromatic carbocycles. The molecule has 0 radical (unpaired) electrons. The maximum atomic E-state index is 6.29. The Balaban J connectivity index is 1.70. The summed E-state index contributed by atoms with van der Waals surface area (Å²) in [6.07, 6.45) is 6.20. The minimum Gasteiger partial charge on any atom is -0.260 e. The molecule has 1 aliphatic heterocycles. The average Bonchev–Trinajstić information content (AvgIpc) is 2.81. The van der Waals surface area contributed by atoms with Gasteiger partial charge in [0.2, 0.25) is 0 Å². The van der Waals surface area contributed by atoms with Crippen molar-refractivity contribution in [3.05, 3.63) is 63.9 Å². The number of hydrogen-bond donors (Lipinski definition) is 0. The number of piperidine rings is 1. The largest absolute Gasteiger partial charge is 0.260 e. The molecule has 0 spiro atoms. The van der Waals surface area contributed by atoms with Crippen molar-refractivity contribution in [3.8, 4) is 0 Å². The molecule has 0 bridgehead atoms. The van der Waals surface area contributed by atoms with E-state index in [2.05, 4.69) is 44.5 Å². The predicted molar refractivity (Wildman–Crippen MR) is 114 cm³/mol. The Morgan fingerprint density at radius 2 is 2.07 bits per heavy atom. The van der Waals surface area contributed by atoms with Gasteiger partial charge in [0.05, 0.1) is 12.8 Å². The summed E-state index contributed by atoms with van der Waals surface area (Å²) in [5, 5.41) is 0.755. The van der Waals surface area contributed by atoms with E-state index in [4.69, 9.17) is 25.8 Å². The van der Waals surface area contributed by atoms with Gasteiger partial charge in [-0.05, 0) is 54.2 Å². The second-order valence-corrected chi connectivity index (χ2v) is 8.85. The third-order valence-corrected chi connectivity index (χ3v) is 6.89. The smallest absolute Gasteiger partial charge is 0.121 e. The Hall–Kier alpha value is -0.890. The Morgan fingerprint density at radius 3 is 2.85 bits per heavy atom. The van der Waals surface area contributed by atoms with Crippen LogP contribution in [-0.2, 0) is 9.22 Å². The van der Waals surface area contributed by atoms with Crippen LogP contribution >= 0.6 is 39.8 Å². The maximum absolute atomic E-state index is 6.29. The fourth-order valence-electron chi connectivity index (χ4n) is 4.02. The molecule has 1 aromatic heterocycles. The molecule has 4 nitrogen and oxygen atoms in total. The van der Waals surface area contributed by atoms with Gasteiger partial charge in [-0.15, -0.1) is 4.33 Å². The minimum absolute atomic E-state index is 0.246. The Morgan fingerprint density at radius 1 is 1.26 bits per heavy atom. The fourth-order valence-corrected chi connectivity index (χ4v) is 5.29. The average molecular weight is 468 g/mol. The highest BCUT2D eigenvalue weighted by Crippen LogP contribution is 2.46. The lowest BCUT2D eigenvalue weighted by molar-refractivity contribution is -0.163. The lowest BCUT2D eigenvalue weighted by atomic mass is 9.76. The summed E-state index contributed by atoms with van der Waals surface area (Å²) < 4.78 is 8.27. The predicted octanol–water partition coefficient (Wildman–Crippen LogP) is 5.93. The number of pyridine rings is 1. The molecular weight excluding hydrogens is 448 g/mol. The summed E-state index contributed by atoms with van der Waals surface area (Å²) in [7, 11) is 1.53. The van der Waals surface area contributed by atoms with Crippen molar-refractivity contribution in [2.75, 3.05) is 20.2 Å². The highest BCUT2D eigenvalue weighted by Gasteiger charge is 2.34. The summed E-state index contributed by atoms with van der Waals surface area (Å²) in [6, 6.07) is 10.3. The van der Waals surface area contributed by atoms with Gasteiger partial charge in [0, 0.05) is 40.3 Å². The molecule has 2 aliphatic rings. The van der Waals surface area contributed by atoms with Crippen molar-refractivity contribution < 1.29 is 9.22 Å². The molecule has 1 atom stereocenters. The molecule has 4 rings (SSSR count). The van der Waals surface area contributed by atoms with Gasteiger partial charge in [0.25, 0.3) is 0 Å². The summed E-state index contributed by atoms with van der Waals surface area (Å²) in [4.78, 5) is 9.52. The van der Waals surface area contributed by atoms with Gasteiger partial charge in [-0.2, -0.15) is 0 Å². The van der Waals surface area contributed by atoms with Crippen LogP contribution in [0, 0.1) is 5.92 Å². The van der Waals surface area contributed by atoms with Gasteiger partial charge in [-0.3, -0.25) is 4.98 Å². The second-order valence-electron chi connectivity index (χ2n) is 6.76. The zero-order valence-electron chi connectivity index (χ0n) is 14.9. The Labute approximate surface area is 177 Å². The first kappa shape index (κ1) is 19.4. The molecule has 142 valence electrons. The van der Waals surface area contributed by atoms with Gasteiger partial charge in [0.15, 0.2) is 0 Å². The van der Waals surface area contributed by atoms with Crippen LogP contribution in [0.2, 0.25) is 5.02 Å². The molecule has 1 unspecified atom stereocenters. The van der Waals surface area contributed by atoms with Gasteiger partial charge >= 0.3 is 0 Å². The molecule has 0 N–H and O–H groups in total. The molecule has 2 aromatic rings. The number of nitrogens with zero attached hydrogens (tertiary/aromatic N) is 2. The van der Waals surface area contributed by atoms with Gasteiger partial charge in [-0.25, -0.2) is 9.19 Å². The highest BCUT2D eigenvalue weighted by molar-refractivity contribution is 9.15. The Bertz CT molecular complexity index is 856. The molecule has 0 amide bonds. The number of benzene rings is 1. The maximum Gasteiger partial charge on any atom is 0.121 e. The summed E-state index contributed by atoms with van der Waals surface area (Å²) in [5.41, 5.74) is 4.76. The van der Waals surface area contributed by atoms with Crippen LogP contribution in [0.25, 0.3) is 10.6 Å². The lowest BCUT2D eigenvalue weighted by Crippen LogP contribution is -2.32. The van der Waals surface area contributed by atoms with Gasteiger partial charge in [0.1, 0.15) is 12.2 Å². The van der Waals surface area contributed by atoms with E-state index in [-0.39, 0.29) is 5.92 Å². The first-order valence-corrected chi connectivity index (χ1v) is 10.8. The highest BCUT2D eigenvalue weighted by atomic mass is 79.9. The van der Waals surface area contributed by atoms with Crippen molar-refractivity contribution in [2.45, 2.75) is 18.8 Å². The normalized spacial score (nSPS) is 20.6. The first-order valence-electron chi connectivity index (χ1n) is 8.91. The minimum atomic E-state index is 0.246. The number of aromatic nitrogens is 1. The van der Waals surface area contributed by atoms with E-state index < -0.39 is 0 Å². The van der Waals surface area contributed by atoms with Gasteiger partial charge in [-0.1, -0.05) is 39.7 Å². The topological polar surface area (TPSA) is 34.6 Å². The fraction of sp³-hybridized carbons (Fsp3) is 0.350. The van der Waals surface area contributed by atoms with E-state index in [0.717, 1.165) is 52.3 Å². The summed E-state index contributed by atoms with van der Waals surface area (Å²) >= 11 is 11.3. The third-order valence-electron chi connectivity index (χ3n) is 5.23. The molecule has 2 heterocycles. The van der Waals surface area contributed by atoms with Crippen LogP contribution < -0.4 is 0 Å². The van der Waals surface area contributed by atoms with E-state index >= 15 is 0 Å². The monoisotopic (exact) mass is 466 g/mol. The van der Waals surface area contributed by atoms with E-state index in [0.29, 0.717) is 5.92 Å². The number of hydrogen-bond acceptors (Lipinski definition) is 5. The van der Waals surface area contributed by atoms with Crippen molar-refractivity contribution >= 4 is 50.3 Å². The molecule has 1 aliphatic carbocycles. The molecule has 0 saturated carbocycles. The standard InChI is InChI=1S/C20H20BrClN2O2S/c1-25-26-27-24-9-6-13(7-10-24)19-16-5-4-15(22)11-14(16)12-18(21)17-3-2-8-23-20(17)19/h2-5,8,11-13,19H,6-7,9-10H2,1H3. The van der Waals surface area contributed by atoms with Crippen molar-refractivity contribution in [1.82, 2.24) is 9.29 Å². The van der Waals surface area contributed by atoms with Crippen LogP contribution in [0.1, 0.15) is 41.1 Å². The molecular formula is C20H20BrClN2O2S. The van der Waals surface area contributed by atoms with Crippen molar-refractivity contribution in [1.29, 1.82) is 0 Å². The number of halogens is 2. The van der Waals surface area contributed by atoms with Crippen molar-refractivity contribution in [2.24, 2.45) is 5.92 Å². The zero-order valence-corrected chi connectivity index (χ0v) is 18.1. The van der Waals surface area contributed by atoms with Crippen LogP contribution in [-0.4, -0.2) is 29.5 Å². The Kier molecular flexibility index (Phi) is 6.21. The number of fused-ring (bicyclic) bond motifs is 2. The van der Waals surface area contributed by atoms with E-state index in [1.54, 1.807) is 0 Å². The number of rotatable bonds is 4. The SMILES string of the molecule is COOSN1CCC(C2c3ccc(Cl)cc3C=C(Br)c3cccnc32)CC1. The van der Waals surface area contributed by atoms with Crippen LogP contribution in [0.5, 0.6) is 0 Å². The molecule has 27 heavy (non-hydrogen) atoms. The van der Waals surface area contributed by atoms with E-state index in [1.165, 1.54) is 24.9 Å². The van der Waals surface area contributed by atoms with Crippen LogP contribution in [0.15, 0.2) is 36.5 Å².